The zero-order chi connectivity index (χ0) is 14.3. The third-order valence-electron chi connectivity index (χ3n) is 2.25. The summed E-state index contributed by atoms with van der Waals surface area (Å²) < 4.78 is 0. The standard InChI is InChI=1S/C12H14Cl2N2O3/c13-9-3-2-8(6-10(9)14)12(19)16-7-11(18)15-4-1-5-17/h2-3,6,17H,1,4-5,7H2,(H,15,18)(H,16,19). The largest absolute Gasteiger partial charge is 0.396 e. The molecule has 7 heteroatoms. The monoisotopic (exact) mass is 304 g/mol. The molecular formula is C12H14Cl2N2O3. The van der Waals surface area contributed by atoms with Crippen LogP contribution in [0.4, 0.5) is 0 Å². The molecular weight excluding hydrogens is 291 g/mol. The number of aliphatic hydroxyl groups is 1. The zero-order valence-electron chi connectivity index (χ0n) is 10.1. The van der Waals surface area contributed by atoms with Gasteiger partial charge in [0.2, 0.25) is 5.91 Å². The molecule has 0 aliphatic rings. The fourth-order valence-corrected chi connectivity index (χ4v) is 1.57. The second kappa shape index (κ2) is 7.99. The molecule has 0 bridgehead atoms. The quantitative estimate of drug-likeness (QED) is 0.692. The highest BCUT2D eigenvalue weighted by Crippen LogP contribution is 2.22. The van der Waals surface area contributed by atoms with E-state index in [0.717, 1.165) is 0 Å². The van der Waals surface area contributed by atoms with E-state index in [-0.39, 0.29) is 24.1 Å². The minimum atomic E-state index is -0.407. The average molecular weight is 305 g/mol. The molecule has 0 unspecified atom stereocenters. The zero-order valence-corrected chi connectivity index (χ0v) is 11.6. The van der Waals surface area contributed by atoms with Crippen LogP contribution in [0.25, 0.3) is 0 Å². The van der Waals surface area contributed by atoms with E-state index in [1.54, 1.807) is 0 Å². The number of hydrogen-bond donors (Lipinski definition) is 3. The van der Waals surface area contributed by atoms with Crippen molar-refractivity contribution in [2.45, 2.75) is 6.42 Å². The number of halogens is 2. The van der Waals surface area contributed by atoms with Crippen LogP contribution < -0.4 is 10.6 Å². The van der Waals surface area contributed by atoms with Gasteiger partial charge in [-0.3, -0.25) is 9.59 Å². The molecule has 104 valence electrons. The van der Waals surface area contributed by atoms with Gasteiger partial charge in [-0.2, -0.15) is 0 Å². The lowest BCUT2D eigenvalue weighted by atomic mass is 10.2. The molecule has 0 saturated carbocycles. The number of benzene rings is 1. The van der Waals surface area contributed by atoms with Gasteiger partial charge in [0, 0.05) is 18.7 Å². The van der Waals surface area contributed by atoms with Crippen LogP contribution in [0.15, 0.2) is 18.2 Å². The maximum absolute atomic E-state index is 11.7. The third-order valence-corrected chi connectivity index (χ3v) is 2.99. The van der Waals surface area contributed by atoms with Crippen LogP contribution in [0.1, 0.15) is 16.8 Å². The molecule has 3 N–H and O–H groups in total. The van der Waals surface area contributed by atoms with E-state index < -0.39 is 5.91 Å². The Hall–Kier alpha value is -1.30. The normalized spacial score (nSPS) is 10.1. The van der Waals surface area contributed by atoms with Crippen molar-refractivity contribution in [3.8, 4) is 0 Å². The first-order chi connectivity index (χ1) is 9.04. The van der Waals surface area contributed by atoms with E-state index in [2.05, 4.69) is 10.6 Å². The molecule has 0 saturated heterocycles. The summed E-state index contributed by atoms with van der Waals surface area (Å²) in [6.45, 7) is 0.248. The smallest absolute Gasteiger partial charge is 0.251 e. The Kier molecular flexibility index (Phi) is 6.62. The predicted octanol–water partition coefficient (Wildman–Crippen LogP) is 1.22. The Morgan fingerprint density at radius 2 is 1.89 bits per heavy atom. The fourth-order valence-electron chi connectivity index (χ4n) is 1.27. The minimum absolute atomic E-state index is 0.00983. The number of carbonyl (C=O) groups is 2. The van der Waals surface area contributed by atoms with Crippen molar-refractivity contribution in [2.24, 2.45) is 0 Å². The molecule has 2 amide bonds. The van der Waals surface area contributed by atoms with Crippen molar-refractivity contribution < 1.29 is 14.7 Å². The number of carbonyl (C=O) groups excluding carboxylic acids is 2. The first kappa shape index (κ1) is 15.8. The minimum Gasteiger partial charge on any atom is -0.396 e. The van der Waals surface area contributed by atoms with Crippen molar-refractivity contribution in [1.82, 2.24) is 10.6 Å². The van der Waals surface area contributed by atoms with E-state index in [4.69, 9.17) is 28.3 Å². The molecule has 1 rings (SSSR count). The molecule has 0 atom stereocenters. The Morgan fingerprint density at radius 3 is 2.53 bits per heavy atom. The van der Waals surface area contributed by atoms with Gasteiger partial charge in [0.05, 0.1) is 16.6 Å². The second-order valence-electron chi connectivity index (χ2n) is 3.74. The highest BCUT2D eigenvalue weighted by atomic mass is 35.5. The highest BCUT2D eigenvalue weighted by molar-refractivity contribution is 6.42. The summed E-state index contributed by atoms with van der Waals surface area (Å²) in [5.41, 5.74) is 0.331. The van der Waals surface area contributed by atoms with Crippen LogP contribution >= 0.6 is 23.2 Å². The second-order valence-corrected chi connectivity index (χ2v) is 4.55. The van der Waals surface area contributed by atoms with Crippen LogP contribution in [0.5, 0.6) is 0 Å². The van der Waals surface area contributed by atoms with Gasteiger partial charge in [-0.1, -0.05) is 23.2 Å². The van der Waals surface area contributed by atoms with Crippen LogP contribution in [-0.4, -0.2) is 36.6 Å². The van der Waals surface area contributed by atoms with Gasteiger partial charge in [0.1, 0.15) is 0 Å². The van der Waals surface area contributed by atoms with Gasteiger partial charge in [0.25, 0.3) is 5.91 Å². The third kappa shape index (κ3) is 5.46. The maximum atomic E-state index is 11.7. The van der Waals surface area contributed by atoms with E-state index in [1.165, 1.54) is 18.2 Å². The first-order valence-electron chi connectivity index (χ1n) is 5.65. The van der Waals surface area contributed by atoms with Gasteiger partial charge in [0.15, 0.2) is 0 Å². The Morgan fingerprint density at radius 1 is 1.16 bits per heavy atom. The summed E-state index contributed by atoms with van der Waals surface area (Å²) in [7, 11) is 0. The van der Waals surface area contributed by atoms with Crippen molar-refractivity contribution in [3.63, 3.8) is 0 Å². The summed E-state index contributed by atoms with van der Waals surface area (Å²) in [5.74, 6) is -0.724. The molecule has 0 radical (unpaired) electrons. The van der Waals surface area contributed by atoms with E-state index in [0.29, 0.717) is 23.6 Å². The molecule has 0 spiro atoms. The topological polar surface area (TPSA) is 78.4 Å². The van der Waals surface area contributed by atoms with Crippen molar-refractivity contribution >= 4 is 35.0 Å². The number of rotatable bonds is 6. The van der Waals surface area contributed by atoms with Crippen molar-refractivity contribution in [3.05, 3.63) is 33.8 Å². The highest BCUT2D eigenvalue weighted by Gasteiger charge is 2.09. The summed E-state index contributed by atoms with van der Waals surface area (Å²) in [6.07, 6.45) is 0.479. The average Bonchev–Trinajstić information content (AvgIpc) is 2.39. The van der Waals surface area contributed by atoms with Gasteiger partial charge in [-0.05, 0) is 24.6 Å². The SMILES string of the molecule is O=C(CNC(=O)c1ccc(Cl)c(Cl)c1)NCCCO. The summed E-state index contributed by atoms with van der Waals surface area (Å²) >= 11 is 11.5. The van der Waals surface area contributed by atoms with Crippen LogP contribution in [0.3, 0.4) is 0 Å². The number of hydrogen-bond acceptors (Lipinski definition) is 3. The molecule has 19 heavy (non-hydrogen) atoms. The van der Waals surface area contributed by atoms with E-state index >= 15 is 0 Å². The summed E-state index contributed by atoms with van der Waals surface area (Å²) in [6, 6.07) is 4.47. The van der Waals surface area contributed by atoms with E-state index in [9.17, 15) is 9.59 Å². The molecule has 1 aromatic carbocycles. The van der Waals surface area contributed by atoms with E-state index in [1.807, 2.05) is 0 Å². The number of aliphatic hydroxyl groups excluding tert-OH is 1. The lowest BCUT2D eigenvalue weighted by Crippen LogP contribution is -2.37. The predicted molar refractivity (Wildman–Crippen MR) is 73.5 cm³/mol. The Labute approximate surface area is 120 Å². The summed E-state index contributed by atoms with van der Waals surface area (Å²) in [5, 5.41) is 14.2. The molecule has 1 aromatic rings. The van der Waals surface area contributed by atoms with Crippen molar-refractivity contribution in [2.75, 3.05) is 19.7 Å². The molecule has 5 nitrogen and oxygen atoms in total. The lowest BCUT2D eigenvalue weighted by molar-refractivity contribution is -0.120. The lowest BCUT2D eigenvalue weighted by Gasteiger charge is -2.07. The first-order valence-corrected chi connectivity index (χ1v) is 6.41. The molecule has 0 aliphatic heterocycles. The maximum Gasteiger partial charge on any atom is 0.251 e. The molecule has 0 fully saturated rings. The van der Waals surface area contributed by atoms with Gasteiger partial charge in [-0.25, -0.2) is 0 Å². The van der Waals surface area contributed by atoms with Gasteiger partial charge >= 0.3 is 0 Å². The fraction of sp³-hybridized carbons (Fsp3) is 0.333. The van der Waals surface area contributed by atoms with Crippen LogP contribution in [-0.2, 0) is 4.79 Å². The van der Waals surface area contributed by atoms with Crippen LogP contribution in [0, 0.1) is 0 Å². The van der Waals surface area contributed by atoms with Gasteiger partial charge in [-0.15, -0.1) is 0 Å². The van der Waals surface area contributed by atoms with Gasteiger partial charge < -0.3 is 15.7 Å². The molecule has 0 aliphatic carbocycles. The summed E-state index contributed by atoms with van der Waals surface area (Å²) in [4.78, 5) is 23.0. The Bertz CT molecular complexity index is 466. The number of nitrogens with one attached hydrogen (secondary N) is 2. The Balaban J connectivity index is 2.42. The number of amides is 2. The van der Waals surface area contributed by atoms with Crippen LogP contribution in [0.2, 0.25) is 10.0 Å². The molecule has 0 heterocycles. The molecule has 0 aromatic heterocycles. The van der Waals surface area contributed by atoms with Crippen molar-refractivity contribution in [1.29, 1.82) is 0 Å².